The average Bonchev–Trinajstić information content (AvgIpc) is 2.52. The van der Waals surface area contributed by atoms with Gasteiger partial charge in [-0.2, -0.15) is 0 Å². The number of hydrogen-bond donors (Lipinski definition) is 4. The molecule has 0 aromatic carbocycles. The zero-order chi connectivity index (χ0) is 13.5. The fourth-order valence-electron chi connectivity index (χ4n) is 1.93. The molecule has 1 saturated heterocycles. The van der Waals surface area contributed by atoms with E-state index in [2.05, 4.69) is 0 Å². The lowest BCUT2D eigenvalue weighted by molar-refractivity contribution is -0.0807. The van der Waals surface area contributed by atoms with E-state index in [0.717, 1.165) is 16.8 Å². The summed E-state index contributed by atoms with van der Waals surface area (Å²) in [5.74, 6) is 0. The van der Waals surface area contributed by atoms with Crippen molar-refractivity contribution < 1.29 is 20.1 Å². The number of aliphatic hydroxyl groups excluding tert-OH is 2. The highest BCUT2D eigenvalue weighted by Crippen LogP contribution is 2.35. The Morgan fingerprint density at radius 2 is 2.22 bits per heavy atom. The summed E-state index contributed by atoms with van der Waals surface area (Å²) in [5, 5.41) is 29.0. The molecule has 1 aromatic rings. The SMILES string of the molecule is CC1(O)C(CO)OC(n2ccc(=O)[nH]c2=O)C1O. The van der Waals surface area contributed by atoms with Gasteiger partial charge < -0.3 is 20.1 Å². The van der Waals surface area contributed by atoms with Crippen LogP contribution in [0.25, 0.3) is 0 Å². The summed E-state index contributed by atoms with van der Waals surface area (Å²) in [5.41, 5.74) is -3.02. The van der Waals surface area contributed by atoms with Gasteiger partial charge in [-0.25, -0.2) is 4.79 Å². The topological polar surface area (TPSA) is 125 Å². The molecule has 0 bridgehead atoms. The van der Waals surface area contributed by atoms with Crippen LogP contribution in [0.1, 0.15) is 13.2 Å². The minimum Gasteiger partial charge on any atom is -0.394 e. The maximum atomic E-state index is 11.6. The van der Waals surface area contributed by atoms with Crippen LogP contribution in [0, 0.1) is 0 Å². The van der Waals surface area contributed by atoms with Crippen molar-refractivity contribution in [2.45, 2.75) is 31.0 Å². The van der Waals surface area contributed by atoms with E-state index in [9.17, 15) is 19.8 Å². The first kappa shape index (κ1) is 13.0. The Bertz CT molecular complexity index is 548. The summed E-state index contributed by atoms with van der Waals surface area (Å²) >= 11 is 0. The van der Waals surface area contributed by atoms with Gasteiger partial charge in [0.2, 0.25) is 0 Å². The number of hydrogen-bond acceptors (Lipinski definition) is 6. The van der Waals surface area contributed by atoms with E-state index in [-0.39, 0.29) is 0 Å². The fraction of sp³-hybridized carbons (Fsp3) is 0.600. The van der Waals surface area contributed by atoms with Crippen LogP contribution in [0.3, 0.4) is 0 Å². The predicted molar refractivity (Wildman–Crippen MR) is 58.9 cm³/mol. The number of H-pyrrole nitrogens is 1. The van der Waals surface area contributed by atoms with Crippen molar-refractivity contribution in [1.29, 1.82) is 0 Å². The van der Waals surface area contributed by atoms with E-state index in [1.165, 1.54) is 6.92 Å². The molecule has 2 rings (SSSR count). The van der Waals surface area contributed by atoms with Gasteiger partial charge in [0.05, 0.1) is 6.61 Å². The molecule has 0 saturated carbocycles. The average molecular weight is 258 g/mol. The van der Waals surface area contributed by atoms with Crippen molar-refractivity contribution in [2.24, 2.45) is 0 Å². The quantitative estimate of drug-likeness (QED) is 0.466. The molecule has 8 heteroatoms. The maximum Gasteiger partial charge on any atom is 0.330 e. The number of aromatic amines is 1. The van der Waals surface area contributed by atoms with Gasteiger partial charge in [-0.05, 0) is 6.92 Å². The highest BCUT2D eigenvalue weighted by Gasteiger charge is 2.52. The highest BCUT2D eigenvalue weighted by atomic mass is 16.6. The second-order valence-corrected chi connectivity index (χ2v) is 4.39. The van der Waals surface area contributed by atoms with Gasteiger partial charge in [0.25, 0.3) is 5.56 Å². The van der Waals surface area contributed by atoms with Gasteiger partial charge >= 0.3 is 5.69 Å². The van der Waals surface area contributed by atoms with Crippen LogP contribution < -0.4 is 11.2 Å². The van der Waals surface area contributed by atoms with Gasteiger partial charge in [0, 0.05) is 12.3 Å². The van der Waals surface area contributed by atoms with Crippen LogP contribution in [0.5, 0.6) is 0 Å². The standard InChI is InChI=1S/C10H14N2O6/c1-10(17)5(4-13)18-8(7(10)15)12-3-2-6(14)11-9(12)16/h2-3,5,7-8,13,15,17H,4H2,1H3,(H,11,14,16). The first-order valence-electron chi connectivity index (χ1n) is 5.36. The molecule has 1 fully saturated rings. The van der Waals surface area contributed by atoms with Gasteiger partial charge in [0.1, 0.15) is 17.8 Å². The largest absolute Gasteiger partial charge is 0.394 e. The Hall–Kier alpha value is -1.48. The van der Waals surface area contributed by atoms with Crippen LogP contribution in [-0.2, 0) is 4.74 Å². The van der Waals surface area contributed by atoms with Crippen LogP contribution in [0.2, 0.25) is 0 Å². The molecule has 0 aliphatic carbocycles. The molecule has 1 aromatic heterocycles. The Morgan fingerprint density at radius 3 is 2.72 bits per heavy atom. The van der Waals surface area contributed by atoms with E-state index in [4.69, 9.17) is 9.84 Å². The lowest BCUT2D eigenvalue weighted by Crippen LogP contribution is -2.46. The number of ether oxygens (including phenoxy) is 1. The minimum absolute atomic E-state index is 0.501. The summed E-state index contributed by atoms with van der Waals surface area (Å²) in [7, 11) is 0. The van der Waals surface area contributed by atoms with Gasteiger partial charge in [0.15, 0.2) is 6.23 Å². The molecular weight excluding hydrogens is 244 g/mol. The van der Waals surface area contributed by atoms with Crippen molar-refractivity contribution in [1.82, 2.24) is 9.55 Å². The Balaban J connectivity index is 2.41. The number of nitrogens with one attached hydrogen (secondary N) is 1. The Kier molecular flexibility index (Phi) is 3.11. The van der Waals surface area contributed by atoms with Crippen molar-refractivity contribution >= 4 is 0 Å². The van der Waals surface area contributed by atoms with Crippen molar-refractivity contribution in [3.8, 4) is 0 Å². The minimum atomic E-state index is -1.69. The van der Waals surface area contributed by atoms with Crippen molar-refractivity contribution in [3.05, 3.63) is 33.1 Å². The predicted octanol–water partition coefficient (Wildman–Crippen LogP) is -2.46. The number of nitrogens with zero attached hydrogens (tertiary/aromatic N) is 1. The van der Waals surface area contributed by atoms with Crippen LogP contribution in [0.4, 0.5) is 0 Å². The third-order valence-corrected chi connectivity index (χ3v) is 3.12. The number of aromatic nitrogens is 2. The molecule has 1 aliphatic rings. The summed E-state index contributed by atoms with van der Waals surface area (Å²) < 4.78 is 6.19. The zero-order valence-corrected chi connectivity index (χ0v) is 9.61. The molecule has 0 amide bonds. The molecule has 8 nitrogen and oxygen atoms in total. The molecule has 4 atom stereocenters. The third kappa shape index (κ3) is 1.89. The molecule has 2 heterocycles. The monoisotopic (exact) mass is 258 g/mol. The van der Waals surface area contributed by atoms with Crippen LogP contribution in [-0.4, -0.2) is 49.3 Å². The molecule has 1 aliphatic heterocycles. The van der Waals surface area contributed by atoms with Crippen molar-refractivity contribution in [2.75, 3.05) is 6.61 Å². The van der Waals surface area contributed by atoms with Crippen molar-refractivity contribution in [3.63, 3.8) is 0 Å². The fourth-order valence-corrected chi connectivity index (χ4v) is 1.93. The Morgan fingerprint density at radius 1 is 1.56 bits per heavy atom. The van der Waals surface area contributed by atoms with E-state index >= 15 is 0 Å². The molecule has 18 heavy (non-hydrogen) atoms. The summed E-state index contributed by atoms with van der Waals surface area (Å²) in [6, 6.07) is 1.10. The second-order valence-electron chi connectivity index (χ2n) is 4.39. The lowest BCUT2D eigenvalue weighted by Gasteiger charge is -2.25. The smallest absolute Gasteiger partial charge is 0.330 e. The van der Waals surface area contributed by atoms with E-state index in [0.29, 0.717) is 0 Å². The van der Waals surface area contributed by atoms with Gasteiger partial charge in [-0.15, -0.1) is 0 Å². The van der Waals surface area contributed by atoms with E-state index in [1.54, 1.807) is 0 Å². The van der Waals surface area contributed by atoms with E-state index in [1.807, 2.05) is 4.98 Å². The molecule has 0 spiro atoms. The van der Waals surface area contributed by atoms with Gasteiger partial charge in [-0.3, -0.25) is 14.3 Å². The molecule has 0 radical (unpaired) electrons. The Labute approximate surface area is 101 Å². The van der Waals surface area contributed by atoms with Crippen LogP contribution in [0.15, 0.2) is 21.9 Å². The summed E-state index contributed by atoms with van der Waals surface area (Å²) in [6.07, 6.45) is -2.43. The number of aliphatic hydroxyl groups is 3. The molecule has 4 N–H and O–H groups in total. The summed E-state index contributed by atoms with van der Waals surface area (Å²) in [6.45, 7) is 0.800. The number of rotatable bonds is 2. The summed E-state index contributed by atoms with van der Waals surface area (Å²) in [4.78, 5) is 24.5. The first-order valence-corrected chi connectivity index (χ1v) is 5.36. The molecule has 100 valence electrons. The highest BCUT2D eigenvalue weighted by molar-refractivity contribution is 5.00. The van der Waals surface area contributed by atoms with Gasteiger partial charge in [-0.1, -0.05) is 0 Å². The van der Waals surface area contributed by atoms with Crippen LogP contribution >= 0.6 is 0 Å². The first-order chi connectivity index (χ1) is 8.37. The zero-order valence-electron chi connectivity index (χ0n) is 9.61. The molecule has 4 unspecified atom stereocenters. The van der Waals surface area contributed by atoms with E-state index < -0.39 is 41.9 Å². The third-order valence-electron chi connectivity index (χ3n) is 3.12. The second kappa shape index (κ2) is 4.32. The lowest BCUT2D eigenvalue weighted by atomic mass is 9.95. The molecular formula is C10H14N2O6. The maximum absolute atomic E-state index is 11.6. The normalized spacial score (nSPS) is 35.9.